The maximum absolute atomic E-state index is 12.7. The summed E-state index contributed by atoms with van der Waals surface area (Å²) in [5, 5.41) is 42.1. The Bertz CT molecular complexity index is 3550. The van der Waals surface area contributed by atoms with Gasteiger partial charge in [0.15, 0.2) is 0 Å². The number of carbonyl (C=O) groups is 2. The fourth-order valence-corrected chi connectivity index (χ4v) is 8.04. The lowest BCUT2D eigenvalue weighted by Gasteiger charge is -2.13. The molecule has 372 valence electrons. The molecule has 20 heteroatoms. The zero-order valence-corrected chi connectivity index (χ0v) is 43.1. The molecule has 6 N–H and O–H groups in total. The number of pyridine rings is 4. The predicted octanol–water partition coefficient (Wildman–Crippen LogP) is 9.06. The minimum Gasteiger partial charge on any atom is -0.454 e. The normalized spacial score (nSPS) is 10.3. The smallest absolute Gasteiger partial charge is 0.454 e. The molecule has 0 bridgehead atoms. The van der Waals surface area contributed by atoms with Gasteiger partial charge >= 0.3 is 7.12 Å². The first kappa shape index (κ1) is 55.0. The molecule has 8 rings (SSSR count). The van der Waals surface area contributed by atoms with Crippen LogP contribution in [0.5, 0.6) is 23.0 Å². The van der Waals surface area contributed by atoms with Gasteiger partial charge in [0.2, 0.25) is 0 Å². The number of nitrogens with zero attached hydrogens (tertiary/aromatic N) is 4. The molecule has 0 aliphatic carbocycles. The lowest BCUT2D eigenvalue weighted by molar-refractivity contribution is 0.0942. The van der Waals surface area contributed by atoms with Crippen molar-refractivity contribution in [2.45, 2.75) is 40.8 Å². The van der Waals surface area contributed by atoms with Crippen molar-refractivity contribution in [1.29, 1.82) is 10.5 Å². The predicted molar refractivity (Wildman–Crippen MR) is 286 cm³/mol. The SMILES string of the molecule is Cc1cc(C)c(CNC(=O)c2ccc(Oc3cccc(-c4ccncc4)c3C#N)c(Cl)c2)c(=O)[nH]1.Cc1cc(C)c(CNC(=O)c2ccc(Oc3cccc(Br)c3C#N)c(Cl)c2)c(=O)[nH]1.OB(O)c1ccncc1. The molecular formula is C54H44BBrCl2N8O8. The number of nitriles is 2. The number of benzene rings is 4. The van der Waals surface area contributed by atoms with Crippen LogP contribution < -0.4 is 36.7 Å². The monoisotopic (exact) mass is 1090 g/mol. The van der Waals surface area contributed by atoms with Crippen molar-refractivity contribution in [1.82, 2.24) is 30.6 Å². The first-order valence-corrected chi connectivity index (χ1v) is 23.8. The number of hydrogen-bond donors (Lipinski definition) is 6. The van der Waals surface area contributed by atoms with E-state index in [1.807, 2.05) is 44.2 Å². The van der Waals surface area contributed by atoms with Gasteiger partial charge in [0.05, 0.1) is 10.0 Å². The van der Waals surface area contributed by atoms with E-state index in [9.17, 15) is 29.7 Å². The van der Waals surface area contributed by atoms with Gasteiger partial charge < -0.3 is 40.1 Å². The maximum atomic E-state index is 12.7. The third-order valence-corrected chi connectivity index (χ3v) is 12.1. The van der Waals surface area contributed by atoms with Crippen LogP contribution >= 0.6 is 39.1 Å². The number of carbonyl (C=O) groups excluding carboxylic acids is 2. The van der Waals surface area contributed by atoms with Crippen molar-refractivity contribution in [3.8, 4) is 46.3 Å². The summed E-state index contributed by atoms with van der Waals surface area (Å²) in [6, 6.07) is 34.3. The summed E-state index contributed by atoms with van der Waals surface area (Å²) in [7, 11) is -1.38. The highest BCUT2D eigenvalue weighted by molar-refractivity contribution is 9.10. The molecule has 0 unspecified atom stereocenters. The molecule has 74 heavy (non-hydrogen) atoms. The van der Waals surface area contributed by atoms with E-state index in [2.05, 4.69) is 58.6 Å². The second kappa shape index (κ2) is 25.9. The van der Waals surface area contributed by atoms with Crippen LogP contribution in [0.25, 0.3) is 11.1 Å². The average molecular weight is 1090 g/mol. The molecule has 0 fully saturated rings. The standard InChI is InChI=1S/C27H21ClN4O3.C22H17BrClN3O3.C5H6BNO2/c1-16-12-17(2)32-27(34)22(16)15-31-26(33)19-6-7-25(23(28)13-19)35-24-5-3-4-20(21(24)14-29)18-8-10-30-11-9-18;1-12-8-13(2)27-22(29)16(12)11-26-21(28)14-6-7-20(18(24)9-14)30-19-5-3-4-17(23)15(19)10-25;8-6(9)5-1-3-7-4-2-5/h3-13H,15H2,1-2H3,(H,31,33)(H,32,34);3-9H,11H2,1-2H3,(H,26,28)(H,27,29);1-4,8-9H. The maximum Gasteiger partial charge on any atom is 0.488 e. The van der Waals surface area contributed by atoms with Gasteiger partial charge in [-0.05, 0) is 157 Å². The van der Waals surface area contributed by atoms with E-state index in [0.717, 1.165) is 28.1 Å². The molecule has 4 aromatic carbocycles. The third-order valence-electron chi connectivity index (χ3n) is 10.9. The lowest BCUT2D eigenvalue weighted by Crippen LogP contribution is -2.29. The molecule has 0 saturated carbocycles. The van der Waals surface area contributed by atoms with Crippen LogP contribution in [0.1, 0.15) is 65.5 Å². The summed E-state index contributed by atoms with van der Waals surface area (Å²) in [5.74, 6) is 0.555. The summed E-state index contributed by atoms with van der Waals surface area (Å²) in [6.07, 6.45) is 6.32. The number of amides is 2. The van der Waals surface area contributed by atoms with Crippen molar-refractivity contribution >= 4 is 63.5 Å². The molecule has 0 aliphatic rings. The summed E-state index contributed by atoms with van der Waals surface area (Å²) in [4.78, 5) is 62.6. The minimum absolute atomic E-state index is 0.0868. The quantitative estimate of drug-likeness (QED) is 0.0627. The van der Waals surface area contributed by atoms with Crippen molar-refractivity contribution in [3.05, 3.63) is 225 Å². The van der Waals surface area contributed by atoms with Gasteiger partial charge in [-0.2, -0.15) is 10.5 Å². The van der Waals surface area contributed by atoms with Gasteiger partial charge in [-0.25, -0.2) is 0 Å². The lowest BCUT2D eigenvalue weighted by atomic mass is 9.81. The molecule has 2 amide bonds. The van der Waals surface area contributed by atoms with E-state index in [1.165, 1.54) is 24.5 Å². The molecule has 0 atom stereocenters. The molecule has 0 aliphatic heterocycles. The zero-order chi connectivity index (χ0) is 53.5. The Morgan fingerprint density at radius 3 is 1.50 bits per heavy atom. The average Bonchev–Trinajstić information content (AvgIpc) is 3.37. The Labute approximate surface area is 443 Å². The molecule has 16 nitrogen and oxygen atoms in total. The Morgan fingerprint density at radius 2 is 1.08 bits per heavy atom. The summed E-state index contributed by atoms with van der Waals surface area (Å²) < 4.78 is 12.3. The van der Waals surface area contributed by atoms with Crippen LogP contribution in [0.4, 0.5) is 0 Å². The first-order valence-electron chi connectivity index (χ1n) is 22.3. The first-order chi connectivity index (χ1) is 35.5. The van der Waals surface area contributed by atoms with Gasteiger partial charge in [-0.1, -0.05) is 41.4 Å². The van der Waals surface area contributed by atoms with E-state index in [4.69, 9.17) is 42.7 Å². The van der Waals surface area contributed by atoms with Crippen LogP contribution in [0.2, 0.25) is 10.0 Å². The molecule has 4 aromatic heterocycles. The Kier molecular flexibility index (Phi) is 19.2. The highest BCUT2D eigenvalue weighted by atomic mass is 79.9. The summed E-state index contributed by atoms with van der Waals surface area (Å²) >= 11 is 16.0. The molecule has 4 heterocycles. The van der Waals surface area contributed by atoms with E-state index in [-0.39, 0.29) is 46.1 Å². The molecular weight excluding hydrogens is 1050 g/mol. The number of hydrogen-bond acceptors (Lipinski definition) is 12. The van der Waals surface area contributed by atoms with Crippen molar-refractivity contribution in [2.24, 2.45) is 0 Å². The molecule has 0 spiro atoms. The van der Waals surface area contributed by atoms with Gasteiger partial charge in [0.25, 0.3) is 22.9 Å². The second-order valence-electron chi connectivity index (χ2n) is 16.2. The van der Waals surface area contributed by atoms with Crippen molar-refractivity contribution in [3.63, 3.8) is 0 Å². The van der Waals surface area contributed by atoms with Gasteiger partial charge in [-0.3, -0.25) is 29.1 Å². The minimum atomic E-state index is -1.38. The van der Waals surface area contributed by atoms with Crippen LogP contribution in [0.3, 0.4) is 0 Å². The number of H-pyrrole nitrogens is 2. The number of rotatable bonds is 12. The van der Waals surface area contributed by atoms with Gasteiger partial charge in [0.1, 0.15) is 46.3 Å². The van der Waals surface area contributed by atoms with Crippen LogP contribution in [-0.4, -0.2) is 48.9 Å². The van der Waals surface area contributed by atoms with Gasteiger partial charge in [0, 0.05) is 81.6 Å². The van der Waals surface area contributed by atoms with Crippen LogP contribution in [0, 0.1) is 50.4 Å². The number of nitrogens with one attached hydrogen (secondary N) is 4. The summed E-state index contributed by atoms with van der Waals surface area (Å²) in [6.45, 7) is 7.44. The topological polar surface area (TPSA) is 256 Å². The molecule has 0 saturated heterocycles. The largest absolute Gasteiger partial charge is 0.488 e. The zero-order valence-electron chi connectivity index (χ0n) is 40.0. The van der Waals surface area contributed by atoms with Gasteiger partial charge in [-0.15, -0.1) is 0 Å². The van der Waals surface area contributed by atoms with Crippen LogP contribution in [-0.2, 0) is 13.1 Å². The van der Waals surface area contributed by atoms with Crippen molar-refractivity contribution in [2.75, 3.05) is 0 Å². The fourth-order valence-electron chi connectivity index (χ4n) is 7.17. The van der Waals surface area contributed by atoms with E-state index < -0.39 is 7.12 Å². The molecule has 0 radical (unpaired) electrons. The third kappa shape index (κ3) is 14.4. The highest BCUT2D eigenvalue weighted by Crippen LogP contribution is 2.37. The number of halogens is 3. The molecule has 8 aromatic rings. The number of aryl methyl sites for hydroxylation is 4. The number of ether oxygens (including phenoxy) is 2. The number of aromatic nitrogens is 4. The van der Waals surface area contributed by atoms with E-state index in [0.29, 0.717) is 71.9 Å². The van der Waals surface area contributed by atoms with Crippen molar-refractivity contribution < 1.29 is 29.1 Å². The second-order valence-corrected chi connectivity index (χ2v) is 17.8. The fraction of sp³-hybridized carbons (Fsp3) is 0.111. The van der Waals surface area contributed by atoms with E-state index >= 15 is 0 Å². The summed E-state index contributed by atoms with van der Waals surface area (Å²) in [5.41, 5.74) is 7.01. The Balaban J connectivity index is 0.000000208. The van der Waals surface area contributed by atoms with Crippen LogP contribution in [0.15, 0.2) is 148 Å². The van der Waals surface area contributed by atoms with E-state index in [1.54, 1.807) is 93.0 Å². The Morgan fingerprint density at radius 1 is 0.635 bits per heavy atom. The highest BCUT2D eigenvalue weighted by Gasteiger charge is 2.18. The Hall–Kier alpha value is -8.36. The number of aromatic amines is 2.